The van der Waals surface area contributed by atoms with Crippen LogP contribution in [0.15, 0.2) is 25.3 Å². The Balaban J connectivity index is 4.12. The summed E-state index contributed by atoms with van der Waals surface area (Å²) in [4.78, 5) is 0. The van der Waals surface area contributed by atoms with Gasteiger partial charge < -0.3 is 0 Å². The summed E-state index contributed by atoms with van der Waals surface area (Å²) in [6.45, 7) is 7.00. The van der Waals surface area contributed by atoms with E-state index in [1.165, 1.54) is 0 Å². The highest BCUT2D eigenvalue weighted by Gasteiger charge is 2.13. The van der Waals surface area contributed by atoms with Gasteiger partial charge in [0.05, 0.1) is 5.75 Å². The Hall–Kier alpha value is -0.610. The van der Waals surface area contributed by atoms with E-state index in [4.69, 9.17) is 4.55 Å². The van der Waals surface area contributed by atoms with Crippen LogP contribution in [-0.2, 0) is 10.1 Å². The van der Waals surface area contributed by atoms with Gasteiger partial charge in [-0.15, -0.1) is 13.2 Å². The molecule has 12 heavy (non-hydrogen) atoms. The number of rotatable bonds is 6. The first-order chi connectivity index (χ1) is 5.49. The topological polar surface area (TPSA) is 54.4 Å². The van der Waals surface area contributed by atoms with Crippen LogP contribution in [0, 0.1) is 5.92 Å². The average molecular weight is 190 g/mol. The van der Waals surface area contributed by atoms with Gasteiger partial charge in [-0.2, -0.15) is 8.42 Å². The molecule has 0 unspecified atom stereocenters. The van der Waals surface area contributed by atoms with Crippen molar-refractivity contribution in [2.45, 2.75) is 12.8 Å². The Morgan fingerprint density at radius 2 is 1.67 bits per heavy atom. The molecule has 0 aliphatic carbocycles. The molecule has 1 N–H and O–H groups in total. The molecular weight excluding hydrogens is 176 g/mol. The molecule has 0 bridgehead atoms. The van der Waals surface area contributed by atoms with Gasteiger partial charge in [0.1, 0.15) is 0 Å². The smallest absolute Gasteiger partial charge is 0.265 e. The molecule has 4 heteroatoms. The van der Waals surface area contributed by atoms with E-state index in [0.29, 0.717) is 12.8 Å². The van der Waals surface area contributed by atoms with Crippen LogP contribution in [0.25, 0.3) is 0 Å². The second-order valence-electron chi connectivity index (χ2n) is 2.66. The third-order valence-electron chi connectivity index (χ3n) is 1.45. The number of allylic oxidation sites excluding steroid dienone is 2. The van der Waals surface area contributed by atoms with Crippen LogP contribution in [0.2, 0.25) is 0 Å². The Morgan fingerprint density at radius 1 is 1.25 bits per heavy atom. The number of hydrogen-bond acceptors (Lipinski definition) is 2. The zero-order valence-corrected chi connectivity index (χ0v) is 7.76. The maximum Gasteiger partial charge on any atom is 0.265 e. The van der Waals surface area contributed by atoms with Gasteiger partial charge in [0, 0.05) is 0 Å². The third kappa shape index (κ3) is 6.12. The molecule has 70 valence electrons. The maximum atomic E-state index is 10.5. The molecule has 0 aliphatic rings. The normalized spacial score (nSPS) is 11.5. The van der Waals surface area contributed by atoms with Crippen molar-refractivity contribution in [1.29, 1.82) is 0 Å². The van der Waals surface area contributed by atoms with Gasteiger partial charge >= 0.3 is 0 Å². The summed E-state index contributed by atoms with van der Waals surface area (Å²) in [5.41, 5.74) is 0. The number of hydrogen-bond donors (Lipinski definition) is 1. The minimum absolute atomic E-state index is 0.102. The SMILES string of the molecule is C=CCC(CC=C)CS(=O)(=O)O. The van der Waals surface area contributed by atoms with Gasteiger partial charge in [-0.25, -0.2) is 0 Å². The van der Waals surface area contributed by atoms with Crippen molar-refractivity contribution in [3.63, 3.8) is 0 Å². The monoisotopic (exact) mass is 190 g/mol. The van der Waals surface area contributed by atoms with Gasteiger partial charge in [0.2, 0.25) is 0 Å². The van der Waals surface area contributed by atoms with E-state index < -0.39 is 10.1 Å². The highest BCUT2D eigenvalue weighted by Crippen LogP contribution is 2.11. The first-order valence-corrected chi connectivity index (χ1v) is 5.27. The van der Waals surface area contributed by atoms with E-state index in [-0.39, 0.29) is 11.7 Å². The van der Waals surface area contributed by atoms with Crippen molar-refractivity contribution in [2.75, 3.05) is 5.75 Å². The van der Waals surface area contributed by atoms with E-state index >= 15 is 0 Å². The predicted octanol–water partition coefficient (Wildman–Crippen LogP) is 1.64. The van der Waals surface area contributed by atoms with Crippen LogP contribution in [0.5, 0.6) is 0 Å². The second-order valence-corrected chi connectivity index (χ2v) is 4.16. The molecule has 0 aromatic heterocycles. The van der Waals surface area contributed by atoms with Crippen molar-refractivity contribution in [2.24, 2.45) is 5.92 Å². The fourth-order valence-corrected chi connectivity index (χ4v) is 1.87. The van der Waals surface area contributed by atoms with Crippen LogP contribution >= 0.6 is 0 Å². The van der Waals surface area contributed by atoms with Gasteiger partial charge in [-0.3, -0.25) is 4.55 Å². The Labute approximate surface area is 73.5 Å². The fourth-order valence-electron chi connectivity index (χ4n) is 1.00. The molecule has 3 nitrogen and oxygen atoms in total. The Bertz CT molecular complexity index is 231. The largest absolute Gasteiger partial charge is 0.286 e. The highest BCUT2D eigenvalue weighted by molar-refractivity contribution is 7.85. The minimum atomic E-state index is -3.86. The van der Waals surface area contributed by atoms with Gasteiger partial charge in [0.25, 0.3) is 10.1 Å². The quantitative estimate of drug-likeness (QED) is 0.511. The van der Waals surface area contributed by atoms with Crippen molar-refractivity contribution >= 4 is 10.1 Å². The summed E-state index contributed by atoms with van der Waals surface area (Å²) >= 11 is 0. The molecule has 0 rings (SSSR count). The van der Waals surface area contributed by atoms with Gasteiger partial charge in [0.15, 0.2) is 0 Å². The van der Waals surface area contributed by atoms with Crippen molar-refractivity contribution in [3.05, 3.63) is 25.3 Å². The lowest BCUT2D eigenvalue weighted by Crippen LogP contribution is -2.14. The predicted molar refractivity (Wildman–Crippen MR) is 49.5 cm³/mol. The summed E-state index contributed by atoms with van der Waals surface area (Å²) in [6.07, 6.45) is 4.43. The third-order valence-corrected chi connectivity index (χ3v) is 2.34. The first-order valence-electron chi connectivity index (χ1n) is 3.66. The van der Waals surface area contributed by atoms with Crippen LogP contribution in [0.3, 0.4) is 0 Å². The lowest BCUT2D eigenvalue weighted by Gasteiger charge is -2.09. The second kappa shape index (κ2) is 5.11. The standard InChI is InChI=1S/C8H14O3S/c1-3-5-8(6-4-2)7-12(9,10)11/h3-4,8H,1-2,5-7H2,(H,9,10,11). The zero-order chi connectivity index (χ0) is 9.61. The van der Waals surface area contributed by atoms with E-state index in [9.17, 15) is 8.42 Å². The molecule has 0 fully saturated rings. The maximum absolute atomic E-state index is 10.5. The molecule has 0 saturated heterocycles. The van der Waals surface area contributed by atoms with E-state index in [1.807, 2.05) is 0 Å². The molecule has 0 aromatic rings. The van der Waals surface area contributed by atoms with Crippen molar-refractivity contribution < 1.29 is 13.0 Å². The molecule has 0 atom stereocenters. The highest BCUT2D eigenvalue weighted by atomic mass is 32.2. The Morgan fingerprint density at radius 3 is 1.92 bits per heavy atom. The summed E-state index contributed by atoms with van der Waals surface area (Å²) in [5.74, 6) is -0.319. The van der Waals surface area contributed by atoms with Crippen molar-refractivity contribution in [3.8, 4) is 0 Å². The van der Waals surface area contributed by atoms with E-state index in [2.05, 4.69) is 13.2 Å². The fraction of sp³-hybridized carbons (Fsp3) is 0.500. The molecule has 0 amide bonds. The average Bonchev–Trinajstić information content (AvgIpc) is 1.84. The molecule has 0 spiro atoms. The molecule has 0 radical (unpaired) electrons. The van der Waals surface area contributed by atoms with Crippen LogP contribution in [0.4, 0.5) is 0 Å². The molecule has 0 aromatic carbocycles. The zero-order valence-electron chi connectivity index (χ0n) is 6.94. The summed E-state index contributed by atoms with van der Waals surface area (Å²) in [5, 5.41) is 0. The van der Waals surface area contributed by atoms with Gasteiger partial charge in [-0.05, 0) is 18.8 Å². The molecular formula is C8H14O3S. The summed E-state index contributed by atoms with van der Waals surface area (Å²) < 4.78 is 29.5. The lowest BCUT2D eigenvalue weighted by molar-refractivity contribution is 0.464. The van der Waals surface area contributed by atoms with Crippen LogP contribution in [0.1, 0.15) is 12.8 Å². The Kier molecular flexibility index (Phi) is 4.85. The van der Waals surface area contributed by atoms with Crippen molar-refractivity contribution in [1.82, 2.24) is 0 Å². The van der Waals surface area contributed by atoms with Gasteiger partial charge in [-0.1, -0.05) is 12.2 Å². The van der Waals surface area contributed by atoms with E-state index in [0.717, 1.165) is 0 Å². The molecule has 0 aliphatic heterocycles. The summed E-state index contributed by atoms with van der Waals surface area (Å²) in [6, 6.07) is 0. The van der Waals surface area contributed by atoms with E-state index in [1.54, 1.807) is 12.2 Å². The van der Waals surface area contributed by atoms with Crippen LogP contribution in [-0.4, -0.2) is 18.7 Å². The molecule has 0 saturated carbocycles. The van der Waals surface area contributed by atoms with Crippen LogP contribution < -0.4 is 0 Å². The first kappa shape index (κ1) is 11.4. The summed E-state index contributed by atoms with van der Waals surface area (Å²) in [7, 11) is -3.86. The lowest BCUT2D eigenvalue weighted by atomic mass is 10.0. The minimum Gasteiger partial charge on any atom is -0.286 e. The molecule has 0 heterocycles.